The second-order valence-corrected chi connectivity index (χ2v) is 3.17. The third-order valence-electron chi connectivity index (χ3n) is 2.08. The van der Waals surface area contributed by atoms with Crippen LogP contribution in [0.5, 0.6) is 0 Å². The van der Waals surface area contributed by atoms with E-state index in [1.54, 1.807) is 4.90 Å². The highest BCUT2D eigenvalue weighted by molar-refractivity contribution is 7.81. The molecule has 4 nitrogen and oxygen atoms in total. The zero-order chi connectivity index (χ0) is 9.14. The summed E-state index contributed by atoms with van der Waals surface area (Å²) in [5.41, 5.74) is 5.18. The van der Waals surface area contributed by atoms with Gasteiger partial charge in [-0.3, -0.25) is 10.2 Å². The number of amides is 1. The van der Waals surface area contributed by atoms with E-state index in [4.69, 9.17) is 11.1 Å². The van der Waals surface area contributed by atoms with Crippen LogP contribution in [0.3, 0.4) is 0 Å². The molecule has 1 rings (SSSR count). The third-order valence-corrected chi connectivity index (χ3v) is 2.38. The van der Waals surface area contributed by atoms with Gasteiger partial charge >= 0.3 is 0 Å². The zero-order valence-corrected chi connectivity index (χ0v) is 8.90. The van der Waals surface area contributed by atoms with Gasteiger partial charge in [-0.2, -0.15) is 12.6 Å². The molecule has 1 saturated heterocycles. The van der Waals surface area contributed by atoms with Crippen molar-refractivity contribution in [2.75, 3.05) is 12.3 Å². The van der Waals surface area contributed by atoms with Crippen LogP contribution in [0.25, 0.3) is 0 Å². The smallest absolute Gasteiger partial charge is 0.240 e. The molecule has 1 aliphatic rings. The molecule has 0 radical (unpaired) electrons. The van der Waals surface area contributed by atoms with Crippen LogP contribution < -0.4 is 5.73 Å². The summed E-state index contributed by atoms with van der Waals surface area (Å²) in [7, 11) is 0. The van der Waals surface area contributed by atoms with Crippen molar-refractivity contribution in [2.24, 2.45) is 5.73 Å². The Kier molecular flexibility index (Phi) is 5.17. The van der Waals surface area contributed by atoms with Crippen molar-refractivity contribution < 1.29 is 4.79 Å². The lowest BCUT2D eigenvalue weighted by Crippen LogP contribution is -2.43. The van der Waals surface area contributed by atoms with Gasteiger partial charge in [-0.1, -0.05) is 0 Å². The quantitative estimate of drug-likeness (QED) is 0.357. The Balaban J connectivity index is 0.00000144. The van der Waals surface area contributed by atoms with Crippen LogP contribution in [0.15, 0.2) is 0 Å². The molecule has 0 unspecified atom stereocenters. The van der Waals surface area contributed by atoms with Gasteiger partial charge in [0.15, 0.2) is 0 Å². The highest BCUT2D eigenvalue weighted by Crippen LogP contribution is 2.17. The van der Waals surface area contributed by atoms with Gasteiger partial charge in [0, 0.05) is 12.3 Å². The van der Waals surface area contributed by atoms with Gasteiger partial charge in [0.1, 0.15) is 11.9 Å². The minimum Gasteiger partial charge on any atom is -0.368 e. The molecule has 0 spiro atoms. The molecule has 1 amide bonds. The van der Waals surface area contributed by atoms with E-state index in [0.29, 0.717) is 11.6 Å². The normalized spacial score (nSPS) is 21.0. The summed E-state index contributed by atoms with van der Waals surface area (Å²) < 4.78 is 0. The molecule has 0 aromatic carbocycles. The maximum absolute atomic E-state index is 10.9. The maximum Gasteiger partial charge on any atom is 0.240 e. The zero-order valence-electron chi connectivity index (χ0n) is 7.19. The minimum absolute atomic E-state index is 0. The summed E-state index contributed by atoms with van der Waals surface area (Å²) >= 11 is 3.98. The molecule has 1 heterocycles. The van der Waals surface area contributed by atoms with E-state index in [0.717, 1.165) is 19.4 Å². The van der Waals surface area contributed by atoms with E-state index >= 15 is 0 Å². The average Bonchev–Trinajstić information content (AvgIpc) is 2.50. The number of likely N-dealkylation sites (tertiary alicyclic amines) is 1. The Hall–Kier alpha value is -0.420. The summed E-state index contributed by atoms with van der Waals surface area (Å²) in [5, 5.41) is 7.50. The lowest BCUT2D eigenvalue weighted by atomic mass is 10.2. The fourth-order valence-electron chi connectivity index (χ4n) is 1.48. The highest BCUT2D eigenvalue weighted by Gasteiger charge is 2.29. The van der Waals surface area contributed by atoms with Crippen molar-refractivity contribution in [3.63, 3.8) is 0 Å². The number of nitrogens with two attached hydrogens (primary N) is 1. The summed E-state index contributed by atoms with van der Waals surface area (Å²) in [6.45, 7) is 0.757. The van der Waals surface area contributed by atoms with Crippen LogP contribution in [-0.4, -0.2) is 35.0 Å². The second kappa shape index (κ2) is 5.34. The molecular weight excluding hydrogens is 210 g/mol. The second-order valence-electron chi connectivity index (χ2n) is 2.86. The van der Waals surface area contributed by atoms with Crippen molar-refractivity contribution in [3.05, 3.63) is 0 Å². The van der Waals surface area contributed by atoms with Crippen molar-refractivity contribution >= 4 is 36.8 Å². The van der Waals surface area contributed by atoms with Gasteiger partial charge in [0.2, 0.25) is 5.91 Å². The van der Waals surface area contributed by atoms with Crippen LogP contribution in [0.4, 0.5) is 0 Å². The van der Waals surface area contributed by atoms with E-state index < -0.39 is 0 Å². The molecule has 0 aromatic heterocycles. The number of hydrogen-bond acceptors (Lipinski definition) is 3. The molecule has 0 bridgehead atoms. The first-order chi connectivity index (χ1) is 5.66. The number of amidine groups is 1. The predicted octanol–water partition coefficient (Wildman–Crippen LogP) is 0.265. The Morgan fingerprint density at radius 2 is 2.31 bits per heavy atom. The lowest BCUT2D eigenvalue weighted by Gasteiger charge is -2.23. The van der Waals surface area contributed by atoms with Gasteiger partial charge in [0.05, 0.1) is 0 Å². The predicted molar refractivity (Wildman–Crippen MR) is 57.8 cm³/mol. The topological polar surface area (TPSA) is 70.2 Å². The van der Waals surface area contributed by atoms with E-state index in [-0.39, 0.29) is 24.4 Å². The molecule has 13 heavy (non-hydrogen) atoms. The Morgan fingerprint density at radius 3 is 2.77 bits per heavy atom. The van der Waals surface area contributed by atoms with Crippen molar-refractivity contribution in [1.82, 2.24) is 4.90 Å². The molecule has 0 aromatic rings. The fourth-order valence-corrected chi connectivity index (χ4v) is 1.66. The van der Waals surface area contributed by atoms with Crippen LogP contribution in [0, 0.1) is 5.41 Å². The van der Waals surface area contributed by atoms with Gasteiger partial charge in [-0.05, 0) is 12.8 Å². The summed E-state index contributed by atoms with van der Waals surface area (Å²) in [5.74, 6) is 0.419. The Bertz CT molecular complexity index is 212. The molecule has 1 atom stereocenters. The van der Waals surface area contributed by atoms with Crippen LogP contribution in [0.1, 0.15) is 12.8 Å². The third kappa shape index (κ3) is 2.77. The standard InChI is InChI=1S/C7H13N3OS.ClH/c8-6(4-12)10-3-1-2-5(10)7(9)11;/h5,8,12H,1-4H2,(H2,9,11);1H/t5-;/m0./s1. The van der Waals surface area contributed by atoms with E-state index in [1.165, 1.54) is 0 Å². The van der Waals surface area contributed by atoms with Crippen LogP contribution >= 0.6 is 25.0 Å². The summed E-state index contributed by atoms with van der Waals surface area (Å²) in [4.78, 5) is 12.6. The first-order valence-corrected chi connectivity index (χ1v) is 4.54. The number of nitrogens with zero attached hydrogens (tertiary/aromatic N) is 1. The minimum atomic E-state index is -0.334. The number of primary amides is 1. The molecule has 6 heteroatoms. The number of thiol groups is 1. The highest BCUT2D eigenvalue weighted by atomic mass is 35.5. The largest absolute Gasteiger partial charge is 0.368 e. The maximum atomic E-state index is 10.9. The summed E-state index contributed by atoms with van der Waals surface area (Å²) in [6, 6.07) is -0.273. The van der Waals surface area contributed by atoms with Gasteiger partial charge in [-0.15, -0.1) is 12.4 Å². The molecule has 76 valence electrons. The molecule has 0 saturated carbocycles. The molecular formula is C7H14ClN3OS. The number of hydrogen-bond donors (Lipinski definition) is 3. The number of carbonyl (C=O) groups excluding carboxylic acids is 1. The van der Waals surface area contributed by atoms with Crippen LogP contribution in [-0.2, 0) is 4.79 Å². The molecule has 1 aliphatic heterocycles. The fraction of sp³-hybridized carbons (Fsp3) is 0.714. The number of carbonyl (C=O) groups is 1. The molecule has 1 fully saturated rings. The molecule has 3 N–H and O–H groups in total. The first-order valence-electron chi connectivity index (χ1n) is 3.91. The summed E-state index contributed by atoms with van der Waals surface area (Å²) in [6.07, 6.45) is 1.70. The van der Waals surface area contributed by atoms with E-state index in [2.05, 4.69) is 12.6 Å². The van der Waals surface area contributed by atoms with E-state index in [9.17, 15) is 4.79 Å². The Labute approximate surface area is 89.2 Å². The Morgan fingerprint density at radius 1 is 1.69 bits per heavy atom. The first kappa shape index (κ1) is 12.6. The van der Waals surface area contributed by atoms with Gasteiger partial charge in [-0.25, -0.2) is 0 Å². The number of halogens is 1. The average molecular weight is 224 g/mol. The van der Waals surface area contributed by atoms with Gasteiger partial charge < -0.3 is 10.6 Å². The number of rotatable bonds is 2. The van der Waals surface area contributed by atoms with Crippen molar-refractivity contribution in [1.29, 1.82) is 5.41 Å². The van der Waals surface area contributed by atoms with Gasteiger partial charge in [0.25, 0.3) is 0 Å². The van der Waals surface area contributed by atoms with Crippen LogP contribution in [0.2, 0.25) is 0 Å². The van der Waals surface area contributed by atoms with Crippen molar-refractivity contribution in [2.45, 2.75) is 18.9 Å². The lowest BCUT2D eigenvalue weighted by molar-refractivity contribution is -0.121. The van der Waals surface area contributed by atoms with Crippen molar-refractivity contribution in [3.8, 4) is 0 Å². The van der Waals surface area contributed by atoms with E-state index in [1.807, 2.05) is 0 Å². The number of nitrogens with one attached hydrogen (secondary N) is 1. The molecule has 0 aliphatic carbocycles. The monoisotopic (exact) mass is 223 g/mol. The SMILES string of the molecule is Cl.N=C(CS)N1CCC[C@H]1C(N)=O.